The van der Waals surface area contributed by atoms with Crippen LogP contribution in [-0.2, 0) is 6.54 Å². The second-order valence-corrected chi connectivity index (χ2v) is 2.97. The Kier molecular flexibility index (Phi) is 1.61. The Labute approximate surface area is 71.8 Å². The predicted octanol–water partition coefficient (Wildman–Crippen LogP) is 2.36. The van der Waals surface area contributed by atoms with Crippen LogP contribution in [-0.4, -0.2) is 9.55 Å². The molecule has 2 aromatic heterocycles. The molecular formula is C10H12N2. The van der Waals surface area contributed by atoms with Crippen LogP contribution in [0, 0.1) is 6.92 Å². The minimum atomic E-state index is 1.01. The molecule has 0 saturated carbocycles. The number of hydrogen-bond donors (Lipinski definition) is 0. The van der Waals surface area contributed by atoms with Crippen LogP contribution in [0.1, 0.15) is 12.5 Å². The standard InChI is InChI=1S/C10H12N2/c1-3-12-7-8(2)10-9(12)5-4-6-11-10/h4-7H,3H2,1-2H3. The van der Waals surface area contributed by atoms with Crippen LogP contribution in [0.3, 0.4) is 0 Å². The highest BCUT2D eigenvalue weighted by Crippen LogP contribution is 2.17. The highest BCUT2D eigenvalue weighted by molar-refractivity contribution is 5.79. The first kappa shape index (κ1) is 7.35. The Morgan fingerprint density at radius 1 is 1.50 bits per heavy atom. The summed E-state index contributed by atoms with van der Waals surface area (Å²) < 4.78 is 2.22. The molecule has 0 radical (unpaired) electrons. The third-order valence-electron chi connectivity index (χ3n) is 2.16. The van der Waals surface area contributed by atoms with Gasteiger partial charge in [0.05, 0.1) is 11.0 Å². The number of pyridine rings is 1. The van der Waals surface area contributed by atoms with Crippen LogP contribution in [0.2, 0.25) is 0 Å². The Hall–Kier alpha value is -1.31. The van der Waals surface area contributed by atoms with Crippen molar-refractivity contribution >= 4 is 11.0 Å². The van der Waals surface area contributed by atoms with Crippen molar-refractivity contribution in [2.75, 3.05) is 0 Å². The van der Waals surface area contributed by atoms with E-state index >= 15 is 0 Å². The summed E-state index contributed by atoms with van der Waals surface area (Å²) in [5.41, 5.74) is 3.62. The van der Waals surface area contributed by atoms with Crippen molar-refractivity contribution < 1.29 is 0 Å². The molecule has 0 fully saturated rings. The van der Waals surface area contributed by atoms with Crippen molar-refractivity contribution in [3.63, 3.8) is 0 Å². The number of hydrogen-bond acceptors (Lipinski definition) is 1. The van der Waals surface area contributed by atoms with E-state index in [1.807, 2.05) is 12.3 Å². The summed E-state index contributed by atoms with van der Waals surface area (Å²) in [5.74, 6) is 0. The Balaban J connectivity index is 2.82. The zero-order valence-corrected chi connectivity index (χ0v) is 7.41. The molecule has 0 saturated heterocycles. The number of rotatable bonds is 1. The van der Waals surface area contributed by atoms with Gasteiger partial charge in [0.25, 0.3) is 0 Å². The van der Waals surface area contributed by atoms with E-state index in [1.54, 1.807) is 0 Å². The molecule has 0 unspecified atom stereocenters. The van der Waals surface area contributed by atoms with Gasteiger partial charge in [-0.05, 0) is 31.5 Å². The molecule has 0 aromatic carbocycles. The second-order valence-electron chi connectivity index (χ2n) is 2.97. The zero-order valence-electron chi connectivity index (χ0n) is 7.41. The van der Waals surface area contributed by atoms with Gasteiger partial charge in [-0.15, -0.1) is 0 Å². The normalized spacial score (nSPS) is 10.8. The summed E-state index contributed by atoms with van der Waals surface area (Å²) in [5, 5.41) is 0. The molecule has 2 heterocycles. The molecule has 2 aromatic rings. The van der Waals surface area contributed by atoms with Gasteiger partial charge in [-0.25, -0.2) is 0 Å². The van der Waals surface area contributed by atoms with Crippen molar-refractivity contribution in [1.82, 2.24) is 9.55 Å². The van der Waals surface area contributed by atoms with Crippen LogP contribution in [0.5, 0.6) is 0 Å². The fraction of sp³-hybridized carbons (Fsp3) is 0.300. The van der Waals surface area contributed by atoms with Crippen molar-refractivity contribution in [2.45, 2.75) is 20.4 Å². The highest BCUT2D eigenvalue weighted by Gasteiger charge is 2.02. The van der Waals surface area contributed by atoms with Crippen LogP contribution in [0.15, 0.2) is 24.5 Å². The van der Waals surface area contributed by atoms with Gasteiger partial charge in [0.2, 0.25) is 0 Å². The third-order valence-corrected chi connectivity index (χ3v) is 2.16. The van der Waals surface area contributed by atoms with E-state index in [4.69, 9.17) is 0 Å². The van der Waals surface area contributed by atoms with Crippen LogP contribution in [0.4, 0.5) is 0 Å². The van der Waals surface area contributed by atoms with E-state index in [0.717, 1.165) is 12.1 Å². The largest absolute Gasteiger partial charge is 0.346 e. The molecule has 0 atom stereocenters. The average molecular weight is 160 g/mol. The van der Waals surface area contributed by atoms with E-state index in [-0.39, 0.29) is 0 Å². The molecule has 2 nitrogen and oxygen atoms in total. The molecule has 0 amide bonds. The van der Waals surface area contributed by atoms with Gasteiger partial charge in [0, 0.05) is 18.9 Å². The van der Waals surface area contributed by atoms with Gasteiger partial charge < -0.3 is 4.57 Å². The molecule has 2 heteroatoms. The maximum absolute atomic E-state index is 4.33. The predicted molar refractivity (Wildman–Crippen MR) is 50.1 cm³/mol. The van der Waals surface area contributed by atoms with E-state index in [9.17, 15) is 0 Å². The summed E-state index contributed by atoms with van der Waals surface area (Å²) in [4.78, 5) is 4.33. The first-order chi connectivity index (χ1) is 5.83. The Morgan fingerprint density at radius 2 is 2.33 bits per heavy atom. The van der Waals surface area contributed by atoms with Crippen LogP contribution in [0.25, 0.3) is 11.0 Å². The lowest BCUT2D eigenvalue weighted by Crippen LogP contribution is -1.89. The number of aromatic nitrogens is 2. The lowest BCUT2D eigenvalue weighted by molar-refractivity contribution is 0.795. The fourth-order valence-electron chi connectivity index (χ4n) is 1.56. The smallest absolute Gasteiger partial charge is 0.0910 e. The van der Waals surface area contributed by atoms with Gasteiger partial charge in [0.15, 0.2) is 0 Å². The highest BCUT2D eigenvalue weighted by atomic mass is 15.0. The molecular weight excluding hydrogens is 148 g/mol. The number of nitrogens with zero attached hydrogens (tertiary/aromatic N) is 2. The van der Waals surface area contributed by atoms with Crippen LogP contribution >= 0.6 is 0 Å². The lowest BCUT2D eigenvalue weighted by atomic mass is 10.3. The Bertz CT molecular complexity index is 401. The number of fused-ring (bicyclic) bond motifs is 1. The third kappa shape index (κ3) is 0.916. The first-order valence-electron chi connectivity index (χ1n) is 4.23. The van der Waals surface area contributed by atoms with Gasteiger partial charge in [-0.3, -0.25) is 4.98 Å². The van der Waals surface area contributed by atoms with Gasteiger partial charge in [-0.1, -0.05) is 0 Å². The van der Waals surface area contributed by atoms with Crippen molar-refractivity contribution in [3.05, 3.63) is 30.1 Å². The Morgan fingerprint density at radius 3 is 3.08 bits per heavy atom. The average Bonchev–Trinajstić information content (AvgIpc) is 2.44. The quantitative estimate of drug-likeness (QED) is 0.626. The minimum absolute atomic E-state index is 1.01. The first-order valence-corrected chi connectivity index (χ1v) is 4.23. The monoisotopic (exact) mass is 160 g/mol. The molecule has 0 aliphatic heterocycles. The molecule has 2 rings (SSSR count). The minimum Gasteiger partial charge on any atom is -0.346 e. The van der Waals surface area contributed by atoms with Gasteiger partial charge in [0.1, 0.15) is 0 Å². The summed E-state index contributed by atoms with van der Waals surface area (Å²) in [7, 11) is 0. The molecule has 62 valence electrons. The molecule has 12 heavy (non-hydrogen) atoms. The summed E-state index contributed by atoms with van der Waals surface area (Å²) in [6, 6.07) is 4.09. The zero-order chi connectivity index (χ0) is 8.55. The molecule has 0 N–H and O–H groups in total. The maximum Gasteiger partial charge on any atom is 0.0910 e. The van der Waals surface area contributed by atoms with Gasteiger partial charge in [-0.2, -0.15) is 0 Å². The number of aryl methyl sites for hydroxylation is 2. The SMILES string of the molecule is CCn1cc(C)c2ncccc21. The lowest BCUT2D eigenvalue weighted by Gasteiger charge is -1.97. The topological polar surface area (TPSA) is 17.8 Å². The molecule has 0 aliphatic carbocycles. The van der Waals surface area contributed by atoms with Crippen LogP contribution < -0.4 is 0 Å². The molecule has 0 aliphatic rings. The van der Waals surface area contributed by atoms with E-state index < -0.39 is 0 Å². The van der Waals surface area contributed by atoms with E-state index in [1.165, 1.54) is 11.1 Å². The fourth-order valence-corrected chi connectivity index (χ4v) is 1.56. The summed E-state index contributed by atoms with van der Waals surface area (Å²) >= 11 is 0. The van der Waals surface area contributed by atoms with Crippen molar-refractivity contribution in [3.8, 4) is 0 Å². The molecule has 0 bridgehead atoms. The van der Waals surface area contributed by atoms with Gasteiger partial charge >= 0.3 is 0 Å². The van der Waals surface area contributed by atoms with E-state index in [2.05, 4.69) is 35.7 Å². The van der Waals surface area contributed by atoms with E-state index in [0.29, 0.717) is 0 Å². The summed E-state index contributed by atoms with van der Waals surface area (Å²) in [6.07, 6.45) is 3.99. The molecule has 0 spiro atoms. The maximum atomic E-state index is 4.33. The van der Waals surface area contributed by atoms with Crippen molar-refractivity contribution in [1.29, 1.82) is 0 Å². The summed E-state index contributed by atoms with van der Waals surface area (Å²) in [6.45, 7) is 5.25. The van der Waals surface area contributed by atoms with Crippen molar-refractivity contribution in [2.24, 2.45) is 0 Å². The second kappa shape index (κ2) is 2.63.